The molecule has 0 radical (unpaired) electrons. The van der Waals surface area contributed by atoms with Gasteiger partial charge in [-0.3, -0.25) is 9.67 Å². The summed E-state index contributed by atoms with van der Waals surface area (Å²) in [6.07, 6.45) is 2.41. The highest BCUT2D eigenvalue weighted by atomic mass is 19.1. The summed E-state index contributed by atoms with van der Waals surface area (Å²) < 4.78 is 32.9. The fourth-order valence-corrected chi connectivity index (χ4v) is 4.63. The monoisotopic (exact) mass is 478 g/mol. The molecule has 10 heteroatoms. The molecule has 5 rings (SSSR count). The lowest BCUT2D eigenvalue weighted by Crippen LogP contribution is -2.29. The van der Waals surface area contributed by atoms with E-state index in [9.17, 15) is 4.39 Å². The summed E-state index contributed by atoms with van der Waals surface area (Å²) >= 11 is 0. The molecule has 2 aromatic carbocycles. The highest BCUT2D eigenvalue weighted by Gasteiger charge is 2.27. The maximum absolute atomic E-state index is 15.2. The van der Waals surface area contributed by atoms with E-state index in [4.69, 9.17) is 5.10 Å². The molecule has 0 fully saturated rings. The first kappa shape index (κ1) is 23.0. The molecule has 35 heavy (non-hydrogen) atoms. The van der Waals surface area contributed by atoms with E-state index in [1.165, 1.54) is 0 Å². The van der Waals surface area contributed by atoms with Crippen LogP contribution >= 0.6 is 0 Å². The number of aryl methyl sites for hydroxylation is 3. The molecule has 1 atom stereocenters. The van der Waals surface area contributed by atoms with Gasteiger partial charge in [0, 0.05) is 44.9 Å². The van der Waals surface area contributed by atoms with E-state index >= 15 is 4.39 Å². The van der Waals surface area contributed by atoms with Crippen LogP contribution in [-0.4, -0.2) is 39.1 Å². The molecule has 3 N–H and O–H groups in total. The van der Waals surface area contributed by atoms with Crippen LogP contribution in [0.3, 0.4) is 0 Å². The molecule has 0 spiro atoms. The van der Waals surface area contributed by atoms with Gasteiger partial charge in [-0.2, -0.15) is 10.2 Å². The molecule has 1 aliphatic heterocycles. The van der Waals surface area contributed by atoms with Gasteiger partial charge in [-0.15, -0.1) is 0 Å². The molecule has 182 valence electrons. The van der Waals surface area contributed by atoms with E-state index in [1.807, 2.05) is 0 Å². The van der Waals surface area contributed by atoms with Crippen molar-refractivity contribution in [1.82, 2.24) is 24.9 Å². The van der Waals surface area contributed by atoms with Gasteiger partial charge >= 0.3 is 0 Å². The Morgan fingerprint density at radius 1 is 1.11 bits per heavy atom. The molecule has 2 aromatic heterocycles. The van der Waals surface area contributed by atoms with Crippen molar-refractivity contribution in [3.05, 3.63) is 64.5 Å². The fourth-order valence-electron chi connectivity index (χ4n) is 4.63. The summed E-state index contributed by atoms with van der Waals surface area (Å²) in [5.74, 6) is 0.411. The minimum Gasteiger partial charge on any atom is -0.324 e. The quantitative estimate of drug-likeness (QED) is 0.301. The molecule has 0 saturated carbocycles. The standard InChI is InChI=1S/C25H28F2N8/c1-13-10-16(11-14(2)22(13)26)35-24(21-15(3)29-9-8-19(21)33-35)31-25(28-4)30-20-7-6-18-17(23(20)27)12-34(5)32-18/h6-7,10-12,15,29H,8-9H2,1-5H3,(H2,28,30,31)/t15-/m0/s1. The third-order valence-electron chi connectivity index (χ3n) is 6.36. The second-order valence-electron chi connectivity index (χ2n) is 8.93. The van der Waals surface area contributed by atoms with Gasteiger partial charge in [0.1, 0.15) is 11.6 Å². The maximum atomic E-state index is 15.2. The van der Waals surface area contributed by atoms with Crippen molar-refractivity contribution in [2.24, 2.45) is 12.0 Å². The van der Waals surface area contributed by atoms with Crippen molar-refractivity contribution in [2.75, 3.05) is 24.2 Å². The van der Waals surface area contributed by atoms with Gasteiger partial charge in [0.15, 0.2) is 5.82 Å². The van der Waals surface area contributed by atoms with Crippen LogP contribution in [0.25, 0.3) is 16.6 Å². The number of fused-ring (bicyclic) bond motifs is 2. The smallest absolute Gasteiger partial charge is 0.201 e. The third kappa shape index (κ3) is 4.03. The van der Waals surface area contributed by atoms with Gasteiger partial charge in [0.25, 0.3) is 0 Å². The molecule has 8 nitrogen and oxygen atoms in total. The summed E-state index contributed by atoms with van der Waals surface area (Å²) in [6.45, 7) is 6.37. The summed E-state index contributed by atoms with van der Waals surface area (Å²) in [7, 11) is 3.38. The van der Waals surface area contributed by atoms with Crippen LogP contribution in [-0.2, 0) is 13.5 Å². The van der Waals surface area contributed by atoms with Crippen molar-refractivity contribution in [3.63, 3.8) is 0 Å². The first-order valence-corrected chi connectivity index (χ1v) is 11.5. The Balaban J connectivity index is 1.56. The van der Waals surface area contributed by atoms with Crippen molar-refractivity contribution in [3.8, 4) is 5.69 Å². The normalized spacial score (nSPS) is 16.0. The fraction of sp³-hybridized carbons (Fsp3) is 0.320. The second-order valence-corrected chi connectivity index (χ2v) is 8.93. The lowest BCUT2D eigenvalue weighted by molar-refractivity contribution is 0.538. The van der Waals surface area contributed by atoms with E-state index in [-0.39, 0.29) is 17.5 Å². The van der Waals surface area contributed by atoms with E-state index in [0.717, 1.165) is 29.9 Å². The van der Waals surface area contributed by atoms with Gasteiger partial charge in [0.2, 0.25) is 5.96 Å². The highest BCUT2D eigenvalue weighted by Crippen LogP contribution is 2.33. The zero-order valence-electron chi connectivity index (χ0n) is 20.4. The van der Waals surface area contributed by atoms with Crippen molar-refractivity contribution >= 4 is 28.4 Å². The predicted molar refractivity (Wildman–Crippen MR) is 134 cm³/mol. The van der Waals surface area contributed by atoms with E-state index < -0.39 is 5.82 Å². The molecule has 0 amide bonds. The lowest BCUT2D eigenvalue weighted by Gasteiger charge is -2.22. The first-order valence-electron chi connectivity index (χ1n) is 11.5. The Labute approximate surface area is 202 Å². The number of anilines is 2. The Morgan fingerprint density at radius 2 is 1.86 bits per heavy atom. The number of aromatic nitrogens is 4. The SMILES string of the molecule is CN=C(Nc1ccc2nn(C)cc2c1F)Nc1c2c(nn1-c1cc(C)c(F)c(C)c1)CCN[C@H]2C. The van der Waals surface area contributed by atoms with Crippen LogP contribution in [0.2, 0.25) is 0 Å². The van der Waals surface area contributed by atoms with Crippen molar-refractivity contribution < 1.29 is 8.78 Å². The zero-order chi connectivity index (χ0) is 24.9. The van der Waals surface area contributed by atoms with Crippen LogP contribution in [0.1, 0.15) is 35.3 Å². The Hall–Kier alpha value is -3.79. The molecular weight excluding hydrogens is 450 g/mol. The largest absolute Gasteiger partial charge is 0.324 e. The Bertz CT molecular complexity index is 1440. The molecule has 4 aromatic rings. The summed E-state index contributed by atoms with van der Waals surface area (Å²) in [5, 5.41) is 19.4. The van der Waals surface area contributed by atoms with Gasteiger partial charge < -0.3 is 16.0 Å². The number of hydrogen-bond donors (Lipinski definition) is 3. The first-order chi connectivity index (χ1) is 16.8. The average Bonchev–Trinajstić information content (AvgIpc) is 3.39. The number of benzene rings is 2. The number of aliphatic imine (C=N–C) groups is 1. The predicted octanol–water partition coefficient (Wildman–Crippen LogP) is 4.37. The maximum Gasteiger partial charge on any atom is 0.201 e. The van der Waals surface area contributed by atoms with E-state index in [2.05, 4.69) is 33.0 Å². The minimum atomic E-state index is -0.408. The van der Waals surface area contributed by atoms with Gasteiger partial charge in [0.05, 0.1) is 28.0 Å². The molecule has 0 saturated heterocycles. The zero-order valence-corrected chi connectivity index (χ0v) is 20.4. The lowest BCUT2D eigenvalue weighted by atomic mass is 10.0. The van der Waals surface area contributed by atoms with Gasteiger partial charge in [-0.1, -0.05) is 0 Å². The molecule has 1 aliphatic rings. The van der Waals surface area contributed by atoms with Crippen LogP contribution in [0.4, 0.5) is 20.3 Å². The van der Waals surface area contributed by atoms with E-state index in [1.54, 1.807) is 67.8 Å². The molecule has 3 heterocycles. The van der Waals surface area contributed by atoms with Crippen LogP contribution in [0.5, 0.6) is 0 Å². The Kier molecular flexibility index (Phi) is 5.76. The third-order valence-corrected chi connectivity index (χ3v) is 6.36. The molecule has 0 unspecified atom stereocenters. The van der Waals surface area contributed by atoms with Crippen LogP contribution in [0, 0.1) is 25.5 Å². The summed E-state index contributed by atoms with van der Waals surface area (Å²) in [4.78, 5) is 4.33. The van der Waals surface area contributed by atoms with E-state index in [0.29, 0.717) is 33.8 Å². The number of hydrogen-bond acceptors (Lipinski definition) is 4. The van der Waals surface area contributed by atoms with Gasteiger partial charge in [-0.25, -0.2) is 13.5 Å². The number of rotatable bonds is 3. The summed E-state index contributed by atoms with van der Waals surface area (Å²) in [6, 6.07) is 6.99. The van der Waals surface area contributed by atoms with Gasteiger partial charge in [-0.05, 0) is 56.2 Å². The van der Waals surface area contributed by atoms with Crippen LogP contribution < -0.4 is 16.0 Å². The number of guanidine groups is 1. The summed E-state index contributed by atoms with van der Waals surface area (Å²) in [5.41, 5.74) is 4.63. The highest BCUT2D eigenvalue weighted by molar-refractivity contribution is 6.04. The molecule has 0 bridgehead atoms. The Morgan fingerprint density at radius 3 is 2.57 bits per heavy atom. The van der Waals surface area contributed by atoms with Crippen molar-refractivity contribution in [1.29, 1.82) is 0 Å². The van der Waals surface area contributed by atoms with Crippen molar-refractivity contribution in [2.45, 2.75) is 33.2 Å². The molecule has 0 aliphatic carbocycles. The number of nitrogens with zero attached hydrogens (tertiary/aromatic N) is 5. The minimum absolute atomic E-state index is 0.0410. The van der Waals surface area contributed by atoms with Crippen LogP contribution in [0.15, 0.2) is 35.5 Å². The number of nitrogens with one attached hydrogen (secondary N) is 3. The average molecular weight is 479 g/mol. The molecular formula is C25H28F2N8. The topological polar surface area (TPSA) is 84.1 Å². The number of halogens is 2. The second kappa shape index (κ2) is 8.77.